The Labute approximate surface area is 112 Å². The molecule has 1 aromatic rings. The molecule has 0 amide bonds. The van der Waals surface area contributed by atoms with Crippen LogP contribution in [0.4, 0.5) is 0 Å². The number of hydrogen-bond acceptors (Lipinski definition) is 2. The van der Waals surface area contributed by atoms with Gasteiger partial charge in [0, 0.05) is 19.8 Å². The van der Waals surface area contributed by atoms with E-state index in [-0.39, 0.29) is 0 Å². The van der Waals surface area contributed by atoms with Crippen LogP contribution in [0.3, 0.4) is 0 Å². The largest absolute Gasteiger partial charge is 0.382 e. The normalized spacial score (nSPS) is 12.6. The Morgan fingerprint density at radius 2 is 1.89 bits per heavy atom. The van der Waals surface area contributed by atoms with Gasteiger partial charge in [0.05, 0.1) is 0 Å². The third kappa shape index (κ3) is 5.65. The minimum absolute atomic E-state index is 0.603. The lowest BCUT2D eigenvalue weighted by atomic mass is 9.93. The standard InChI is InChI=1S/C16H27NO/c1-4-17-13-16(7-6-12-18-5-2)15-10-8-14(3)9-11-15/h8-11,16-17H,4-7,12-13H2,1-3H3. The number of likely N-dealkylation sites (N-methyl/N-ethyl adjacent to an activating group) is 1. The van der Waals surface area contributed by atoms with Crippen molar-refractivity contribution < 1.29 is 4.74 Å². The molecule has 1 atom stereocenters. The highest BCUT2D eigenvalue weighted by atomic mass is 16.5. The predicted molar refractivity (Wildman–Crippen MR) is 78.2 cm³/mol. The second-order valence-electron chi connectivity index (χ2n) is 4.75. The number of rotatable bonds is 9. The molecule has 0 bridgehead atoms. The molecule has 1 aromatic carbocycles. The molecule has 0 aliphatic rings. The van der Waals surface area contributed by atoms with E-state index in [0.29, 0.717) is 5.92 Å². The monoisotopic (exact) mass is 249 g/mol. The molecule has 0 aliphatic heterocycles. The van der Waals surface area contributed by atoms with Crippen molar-refractivity contribution in [3.8, 4) is 0 Å². The number of ether oxygens (including phenoxy) is 1. The molecule has 18 heavy (non-hydrogen) atoms. The minimum Gasteiger partial charge on any atom is -0.382 e. The molecule has 0 heterocycles. The van der Waals surface area contributed by atoms with E-state index in [0.717, 1.165) is 32.7 Å². The molecule has 1 unspecified atom stereocenters. The van der Waals surface area contributed by atoms with Gasteiger partial charge in [0.1, 0.15) is 0 Å². The van der Waals surface area contributed by atoms with Crippen molar-refractivity contribution in [2.45, 2.75) is 39.5 Å². The summed E-state index contributed by atoms with van der Waals surface area (Å²) in [5.41, 5.74) is 2.77. The topological polar surface area (TPSA) is 21.3 Å². The van der Waals surface area contributed by atoms with Crippen molar-refractivity contribution in [3.05, 3.63) is 35.4 Å². The van der Waals surface area contributed by atoms with E-state index in [9.17, 15) is 0 Å². The summed E-state index contributed by atoms with van der Waals surface area (Å²) in [5, 5.41) is 3.46. The first-order chi connectivity index (χ1) is 8.77. The van der Waals surface area contributed by atoms with Gasteiger partial charge in [-0.1, -0.05) is 36.8 Å². The number of benzene rings is 1. The zero-order valence-corrected chi connectivity index (χ0v) is 12.0. The Kier molecular flexibility index (Phi) is 7.70. The van der Waals surface area contributed by atoms with Crippen molar-refractivity contribution in [1.82, 2.24) is 5.32 Å². The summed E-state index contributed by atoms with van der Waals surface area (Å²) in [4.78, 5) is 0. The fraction of sp³-hybridized carbons (Fsp3) is 0.625. The molecule has 0 aliphatic carbocycles. The first-order valence-electron chi connectivity index (χ1n) is 7.13. The molecule has 2 nitrogen and oxygen atoms in total. The molecule has 0 radical (unpaired) electrons. The van der Waals surface area contributed by atoms with E-state index in [1.54, 1.807) is 0 Å². The number of hydrogen-bond donors (Lipinski definition) is 1. The van der Waals surface area contributed by atoms with E-state index in [1.165, 1.54) is 17.5 Å². The molecule has 0 fully saturated rings. The summed E-state index contributed by atoms with van der Waals surface area (Å²) in [7, 11) is 0. The van der Waals surface area contributed by atoms with Crippen LogP contribution in [0.1, 0.15) is 43.7 Å². The smallest absolute Gasteiger partial charge is 0.0466 e. The van der Waals surface area contributed by atoms with Gasteiger partial charge < -0.3 is 10.1 Å². The summed E-state index contributed by atoms with van der Waals surface area (Å²) in [6.07, 6.45) is 2.33. The lowest BCUT2D eigenvalue weighted by Crippen LogP contribution is -2.21. The van der Waals surface area contributed by atoms with Gasteiger partial charge in [-0.05, 0) is 44.7 Å². The Bertz CT molecular complexity index is 307. The zero-order valence-electron chi connectivity index (χ0n) is 12.0. The average Bonchev–Trinajstić information content (AvgIpc) is 2.39. The summed E-state index contributed by atoms with van der Waals surface area (Å²) in [5.74, 6) is 0.603. The maximum absolute atomic E-state index is 5.42. The van der Waals surface area contributed by atoms with Gasteiger partial charge in [-0.3, -0.25) is 0 Å². The fourth-order valence-electron chi connectivity index (χ4n) is 2.12. The Morgan fingerprint density at radius 3 is 2.50 bits per heavy atom. The van der Waals surface area contributed by atoms with Crippen LogP contribution in [-0.2, 0) is 4.74 Å². The lowest BCUT2D eigenvalue weighted by molar-refractivity contribution is 0.141. The van der Waals surface area contributed by atoms with Gasteiger partial charge in [-0.2, -0.15) is 0 Å². The van der Waals surface area contributed by atoms with Crippen molar-refractivity contribution in [3.63, 3.8) is 0 Å². The second kappa shape index (κ2) is 9.12. The van der Waals surface area contributed by atoms with Crippen molar-refractivity contribution in [2.24, 2.45) is 0 Å². The van der Waals surface area contributed by atoms with Gasteiger partial charge in [0.15, 0.2) is 0 Å². The third-order valence-electron chi connectivity index (χ3n) is 3.23. The van der Waals surface area contributed by atoms with Crippen molar-refractivity contribution >= 4 is 0 Å². The maximum Gasteiger partial charge on any atom is 0.0466 e. The van der Waals surface area contributed by atoms with Gasteiger partial charge in [-0.25, -0.2) is 0 Å². The van der Waals surface area contributed by atoms with Crippen LogP contribution in [-0.4, -0.2) is 26.3 Å². The molecule has 0 spiro atoms. The van der Waals surface area contributed by atoms with E-state index in [4.69, 9.17) is 4.74 Å². The summed E-state index contributed by atoms with van der Waals surface area (Å²) < 4.78 is 5.42. The highest BCUT2D eigenvalue weighted by molar-refractivity contribution is 5.24. The quantitative estimate of drug-likeness (QED) is 0.676. The van der Waals surface area contributed by atoms with Crippen LogP contribution in [0.25, 0.3) is 0 Å². The average molecular weight is 249 g/mol. The number of nitrogens with one attached hydrogen (secondary N) is 1. The molecule has 1 N–H and O–H groups in total. The minimum atomic E-state index is 0.603. The number of aryl methyl sites for hydroxylation is 1. The van der Waals surface area contributed by atoms with Crippen LogP contribution >= 0.6 is 0 Å². The lowest BCUT2D eigenvalue weighted by Gasteiger charge is -2.18. The van der Waals surface area contributed by atoms with Gasteiger partial charge in [-0.15, -0.1) is 0 Å². The van der Waals surface area contributed by atoms with Crippen molar-refractivity contribution in [1.29, 1.82) is 0 Å². The third-order valence-corrected chi connectivity index (χ3v) is 3.23. The molecular weight excluding hydrogens is 222 g/mol. The second-order valence-corrected chi connectivity index (χ2v) is 4.75. The zero-order chi connectivity index (χ0) is 13.2. The highest BCUT2D eigenvalue weighted by Gasteiger charge is 2.10. The van der Waals surface area contributed by atoms with Gasteiger partial charge in [0.25, 0.3) is 0 Å². The van der Waals surface area contributed by atoms with Crippen LogP contribution in [0.5, 0.6) is 0 Å². The molecule has 0 aromatic heterocycles. The van der Waals surface area contributed by atoms with E-state index in [1.807, 2.05) is 0 Å². The van der Waals surface area contributed by atoms with E-state index >= 15 is 0 Å². The molecule has 0 saturated carbocycles. The Balaban J connectivity index is 2.51. The fourth-order valence-corrected chi connectivity index (χ4v) is 2.12. The Morgan fingerprint density at radius 1 is 1.17 bits per heavy atom. The first-order valence-corrected chi connectivity index (χ1v) is 7.13. The molecule has 1 rings (SSSR count). The SMILES string of the molecule is CCNCC(CCCOCC)c1ccc(C)cc1. The first kappa shape index (κ1) is 15.2. The van der Waals surface area contributed by atoms with Crippen LogP contribution < -0.4 is 5.32 Å². The Hall–Kier alpha value is -0.860. The van der Waals surface area contributed by atoms with Gasteiger partial charge in [0.2, 0.25) is 0 Å². The van der Waals surface area contributed by atoms with Crippen LogP contribution in [0.15, 0.2) is 24.3 Å². The van der Waals surface area contributed by atoms with Gasteiger partial charge >= 0.3 is 0 Å². The molecular formula is C16H27NO. The highest BCUT2D eigenvalue weighted by Crippen LogP contribution is 2.21. The summed E-state index contributed by atoms with van der Waals surface area (Å²) >= 11 is 0. The maximum atomic E-state index is 5.42. The van der Waals surface area contributed by atoms with Crippen LogP contribution in [0, 0.1) is 6.92 Å². The van der Waals surface area contributed by atoms with E-state index in [2.05, 4.69) is 50.4 Å². The molecule has 0 saturated heterocycles. The predicted octanol–water partition coefficient (Wildman–Crippen LogP) is 3.50. The molecule has 2 heteroatoms. The summed E-state index contributed by atoms with van der Waals surface area (Å²) in [6.45, 7) is 10.1. The molecule has 102 valence electrons. The summed E-state index contributed by atoms with van der Waals surface area (Å²) in [6, 6.07) is 8.93. The van der Waals surface area contributed by atoms with Crippen molar-refractivity contribution in [2.75, 3.05) is 26.3 Å². The van der Waals surface area contributed by atoms with E-state index < -0.39 is 0 Å². The van der Waals surface area contributed by atoms with Crippen LogP contribution in [0.2, 0.25) is 0 Å².